The van der Waals surface area contributed by atoms with Gasteiger partial charge >= 0.3 is 5.97 Å². The molecule has 0 amide bonds. The molecule has 0 aliphatic heterocycles. The van der Waals surface area contributed by atoms with Crippen molar-refractivity contribution in [3.63, 3.8) is 0 Å². The van der Waals surface area contributed by atoms with Gasteiger partial charge in [-0.3, -0.25) is 10.1 Å². The minimum atomic E-state index is -1.38. The third kappa shape index (κ3) is 3.84. The van der Waals surface area contributed by atoms with E-state index >= 15 is 0 Å². The van der Waals surface area contributed by atoms with E-state index in [0.29, 0.717) is 6.61 Å². The molecule has 0 saturated carbocycles. The van der Waals surface area contributed by atoms with E-state index in [4.69, 9.17) is 14.6 Å². The molecule has 0 spiro atoms. The molecule has 0 saturated heterocycles. The van der Waals surface area contributed by atoms with Gasteiger partial charge in [0.2, 0.25) is 0 Å². The summed E-state index contributed by atoms with van der Waals surface area (Å²) < 4.78 is 10.5. The predicted octanol–water partition coefficient (Wildman–Crippen LogP) is 2.87. The van der Waals surface area contributed by atoms with Crippen molar-refractivity contribution in [3.05, 3.63) is 27.8 Å². The lowest BCUT2D eigenvalue weighted by Gasteiger charge is -2.11. The number of unbranched alkanes of at least 4 members (excludes halogenated alkanes) is 2. The van der Waals surface area contributed by atoms with Crippen LogP contribution >= 0.6 is 0 Å². The fraction of sp³-hybridized carbons (Fsp3) is 0.462. The highest BCUT2D eigenvalue weighted by Crippen LogP contribution is 2.34. The minimum absolute atomic E-state index is 0.171. The number of carboxylic acids is 1. The van der Waals surface area contributed by atoms with Gasteiger partial charge in [-0.25, -0.2) is 4.79 Å². The summed E-state index contributed by atoms with van der Waals surface area (Å²) >= 11 is 0. The van der Waals surface area contributed by atoms with Gasteiger partial charge in [0.1, 0.15) is 5.56 Å². The first-order valence-electron chi connectivity index (χ1n) is 6.23. The van der Waals surface area contributed by atoms with E-state index in [-0.39, 0.29) is 11.5 Å². The lowest BCUT2D eigenvalue weighted by Crippen LogP contribution is -2.06. The molecule has 1 aromatic carbocycles. The van der Waals surface area contributed by atoms with Gasteiger partial charge in [-0.1, -0.05) is 19.8 Å². The first kappa shape index (κ1) is 15.7. The molecule has 0 unspecified atom stereocenters. The lowest BCUT2D eigenvalue weighted by atomic mass is 10.1. The Bertz CT molecular complexity index is 500. The number of methoxy groups -OCH3 is 1. The zero-order valence-electron chi connectivity index (χ0n) is 11.4. The first-order valence-corrected chi connectivity index (χ1v) is 6.23. The summed E-state index contributed by atoms with van der Waals surface area (Å²) in [6.45, 7) is 2.45. The number of nitrogens with zero attached hydrogens (tertiary/aromatic N) is 1. The monoisotopic (exact) mass is 283 g/mol. The summed E-state index contributed by atoms with van der Waals surface area (Å²) in [5.74, 6) is -1.03. The molecule has 1 N–H and O–H groups in total. The van der Waals surface area contributed by atoms with E-state index in [0.717, 1.165) is 31.4 Å². The Morgan fingerprint density at radius 3 is 2.55 bits per heavy atom. The van der Waals surface area contributed by atoms with E-state index in [1.54, 1.807) is 0 Å². The molecule has 0 heterocycles. The van der Waals surface area contributed by atoms with Crippen molar-refractivity contribution < 1.29 is 24.3 Å². The van der Waals surface area contributed by atoms with Gasteiger partial charge < -0.3 is 14.6 Å². The van der Waals surface area contributed by atoms with E-state index in [9.17, 15) is 14.9 Å². The Hall–Kier alpha value is -2.31. The number of aromatic carboxylic acids is 1. The summed E-state index contributed by atoms with van der Waals surface area (Å²) in [4.78, 5) is 21.2. The summed E-state index contributed by atoms with van der Waals surface area (Å²) in [6, 6.07) is 2.20. The largest absolute Gasteiger partial charge is 0.493 e. The number of hydrogen-bond donors (Lipinski definition) is 1. The Morgan fingerprint density at radius 2 is 2.05 bits per heavy atom. The summed E-state index contributed by atoms with van der Waals surface area (Å²) in [6.07, 6.45) is 2.82. The SMILES string of the molecule is CCCCCOc1cc([N+](=O)[O-])c(C(=O)O)cc1OC. The fourth-order valence-corrected chi connectivity index (χ4v) is 1.68. The molecular weight excluding hydrogens is 266 g/mol. The lowest BCUT2D eigenvalue weighted by molar-refractivity contribution is -0.385. The smallest absolute Gasteiger partial charge is 0.342 e. The number of carboxylic acid groups (broad SMARTS) is 1. The average molecular weight is 283 g/mol. The molecule has 7 heteroatoms. The van der Waals surface area contributed by atoms with Gasteiger partial charge in [0.15, 0.2) is 11.5 Å². The van der Waals surface area contributed by atoms with Crippen molar-refractivity contribution in [2.45, 2.75) is 26.2 Å². The van der Waals surface area contributed by atoms with Gasteiger partial charge in [-0.05, 0) is 6.42 Å². The van der Waals surface area contributed by atoms with Gasteiger partial charge in [-0.15, -0.1) is 0 Å². The molecule has 0 fully saturated rings. The van der Waals surface area contributed by atoms with Gasteiger partial charge in [0, 0.05) is 6.07 Å². The van der Waals surface area contributed by atoms with Gasteiger partial charge in [0.05, 0.1) is 24.7 Å². The molecular formula is C13H17NO6. The average Bonchev–Trinajstić information content (AvgIpc) is 2.42. The van der Waals surface area contributed by atoms with E-state index in [1.165, 1.54) is 7.11 Å². The molecule has 1 aromatic rings. The number of ether oxygens (including phenoxy) is 2. The van der Waals surface area contributed by atoms with Crippen molar-refractivity contribution in [2.75, 3.05) is 13.7 Å². The topological polar surface area (TPSA) is 98.9 Å². The molecule has 0 radical (unpaired) electrons. The van der Waals surface area contributed by atoms with E-state index in [1.807, 2.05) is 6.92 Å². The molecule has 20 heavy (non-hydrogen) atoms. The second-order valence-electron chi connectivity index (χ2n) is 4.14. The van der Waals surface area contributed by atoms with Crippen LogP contribution in [0.1, 0.15) is 36.5 Å². The summed E-state index contributed by atoms with van der Waals surface area (Å²) in [5.41, 5.74) is -0.934. The normalized spacial score (nSPS) is 10.1. The van der Waals surface area contributed by atoms with E-state index < -0.39 is 22.1 Å². The van der Waals surface area contributed by atoms with Crippen LogP contribution in [-0.2, 0) is 0 Å². The molecule has 0 aromatic heterocycles. The predicted molar refractivity (Wildman–Crippen MR) is 71.6 cm³/mol. The van der Waals surface area contributed by atoms with Crippen molar-refractivity contribution in [2.24, 2.45) is 0 Å². The van der Waals surface area contributed by atoms with Crippen LogP contribution in [-0.4, -0.2) is 29.7 Å². The number of benzene rings is 1. The number of rotatable bonds is 8. The number of nitro groups is 1. The fourth-order valence-electron chi connectivity index (χ4n) is 1.68. The highest BCUT2D eigenvalue weighted by Gasteiger charge is 2.24. The zero-order chi connectivity index (χ0) is 15.1. The third-order valence-electron chi connectivity index (χ3n) is 2.71. The van der Waals surface area contributed by atoms with E-state index in [2.05, 4.69) is 0 Å². The van der Waals surface area contributed by atoms with Crippen LogP contribution in [0.5, 0.6) is 11.5 Å². The second-order valence-corrected chi connectivity index (χ2v) is 4.14. The van der Waals surface area contributed by atoms with Crippen LogP contribution in [0.2, 0.25) is 0 Å². The molecule has 0 atom stereocenters. The standard InChI is InChI=1S/C13H17NO6/c1-3-4-5-6-20-12-8-10(14(17)18)9(13(15)16)7-11(12)19-2/h7-8H,3-6H2,1-2H3,(H,15,16). The maximum absolute atomic E-state index is 11.0. The number of nitro benzene ring substituents is 1. The summed E-state index contributed by atoms with van der Waals surface area (Å²) in [5, 5.41) is 19.9. The van der Waals surface area contributed by atoms with Crippen molar-refractivity contribution in [3.8, 4) is 11.5 Å². The maximum Gasteiger partial charge on any atom is 0.342 e. The number of hydrogen-bond acceptors (Lipinski definition) is 5. The van der Waals surface area contributed by atoms with Gasteiger partial charge in [-0.2, -0.15) is 0 Å². The Labute approximate surface area is 116 Å². The first-order chi connectivity index (χ1) is 9.51. The molecule has 0 bridgehead atoms. The molecule has 1 rings (SSSR count). The van der Waals surface area contributed by atoms with Crippen LogP contribution in [0.15, 0.2) is 12.1 Å². The van der Waals surface area contributed by atoms with Crippen molar-refractivity contribution in [1.82, 2.24) is 0 Å². The van der Waals surface area contributed by atoms with Crippen LogP contribution in [0.4, 0.5) is 5.69 Å². The Kier molecular flexibility index (Phi) is 5.76. The minimum Gasteiger partial charge on any atom is -0.493 e. The highest BCUT2D eigenvalue weighted by atomic mass is 16.6. The Morgan fingerprint density at radius 1 is 1.35 bits per heavy atom. The van der Waals surface area contributed by atoms with Crippen molar-refractivity contribution >= 4 is 11.7 Å². The zero-order valence-corrected chi connectivity index (χ0v) is 11.4. The van der Waals surface area contributed by atoms with Crippen LogP contribution in [0.3, 0.4) is 0 Å². The highest BCUT2D eigenvalue weighted by molar-refractivity contribution is 5.93. The third-order valence-corrected chi connectivity index (χ3v) is 2.71. The Balaban J connectivity index is 3.07. The quantitative estimate of drug-likeness (QED) is 0.447. The molecule has 110 valence electrons. The van der Waals surface area contributed by atoms with Crippen LogP contribution < -0.4 is 9.47 Å². The molecule has 0 aliphatic carbocycles. The molecule has 7 nitrogen and oxygen atoms in total. The molecule has 0 aliphatic rings. The van der Waals surface area contributed by atoms with Crippen molar-refractivity contribution in [1.29, 1.82) is 0 Å². The van der Waals surface area contributed by atoms with Gasteiger partial charge in [0.25, 0.3) is 5.69 Å². The number of carbonyl (C=O) groups is 1. The maximum atomic E-state index is 11.0. The second kappa shape index (κ2) is 7.32. The van der Waals surface area contributed by atoms with Crippen LogP contribution in [0.25, 0.3) is 0 Å². The summed E-state index contributed by atoms with van der Waals surface area (Å²) in [7, 11) is 1.35. The van der Waals surface area contributed by atoms with Crippen LogP contribution in [0, 0.1) is 10.1 Å².